The zero-order valence-electron chi connectivity index (χ0n) is 64.3. The highest BCUT2D eigenvalue weighted by atomic mass is 31.2. The van der Waals surface area contributed by atoms with Crippen molar-refractivity contribution in [3.63, 3.8) is 0 Å². The van der Waals surface area contributed by atoms with Gasteiger partial charge in [-0.1, -0.05) is 342 Å². The molecule has 19 heteroatoms. The fourth-order valence-corrected chi connectivity index (χ4v) is 13.4. The Balaban J connectivity index is 5.29. The van der Waals surface area contributed by atoms with Crippen molar-refractivity contribution < 1.29 is 80.2 Å². The van der Waals surface area contributed by atoms with Crippen LogP contribution in [0.25, 0.3) is 0 Å². The van der Waals surface area contributed by atoms with E-state index in [0.29, 0.717) is 25.7 Å². The van der Waals surface area contributed by atoms with E-state index in [2.05, 4.69) is 65.8 Å². The predicted octanol–water partition coefficient (Wildman–Crippen LogP) is 23.4. The Kier molecular flexibility index (Phi) is 69.4. The molecule has 17 nitrogen and oxygen atoms in total. The van der Waals surface area contributed by atoms with Crippen LogP contribution >= 0.6 is 15.6 Å². The molecule has 0 fully saturated rings. The molecule has 0 aliphatic rings. The summed E-state index contributed by atoms with van der Waals surface area (Å²) in [5.41, 5.74) is 0. The molecular formula is C80H152O17P2. The first-order valence-corrected chi connectivity index (χ1v) is 43.8. The molecule has 0 heterocycles. The Labute approximate surface area is 605 Å². The maximum Gasteiger partial charge on any atom is 0.472 e. The number of aliphatic hydroxyl groups excluding tert-OH is 1. The lowest BCUT2D eigenvalue weighted by Crippen LogP contribution is -2.30. The van der Waals surface area contributed by atoms with Gasteiger partial charge in [-0.15, -0.1) is 0 Å². The van der Waals surface area contributed by atoms with E-state index in [1.165, 1.54) is 193 Å². The molecule has 0 amide bonds. The minimum Gasteiger partial charge on any atom is -0.462 e. The number of aliphatic hydroxyl groups is 1. The fraction of sp³-hybridized carbons (Fsp3) is 0.900. The maximum absolute atomic E-state index is 13.1. The average molecular weight is 1450 g/mol. The smallest absolute Gasteiger partial charge is 0.462 e. The zero-order chi connectivity index (χ0) is 72.8. The molecule has 0 aromatic rings. The first-order valence-electron chi connectivity index (χ1n) is 40.8. The predicted molar refractivity (Wildman–Crippen MR) is 404 cm³/mol. The Hall–Kier alpha value is -2.46. The molecular weight excluding hydrogens is 1290 g/mol. The second-order valence-corrected chi connectivity index (χ2v) is 32.0. The molecule has 5 atom stereocenters. The highest BCUT2D eigenvalue weighted by Gasteiger charge is 2.30. The average Bonchev–Trinajstić information content (AvgIpc) is 0.996. The van der Waals surface area contributed by atoms with Gasteiger partial charge in [0, 0.05) is 25.7 Å². The second-order valence-electron chi connectivity index (χ2n) is 29.1. The molecule has 584 valence electrons. The molecule has 0 aromatic carbocycles. The van der Waals surface area contributed by atoms with Crippen molar-refractivity contribution in [2.45, 2.75) is 413 Å². The van der Waals surface area contributed by atoms with Gasteiger partial charge in [0.2, 0.25) is 0 Å². The Morgan fingerprint density at radius 1 is 0.313 bits per heavy atom. The summed E-state index contributed by atoms with van der Waals surface area (Å²) in [6.07, 6.45) is 63.2. The number of rotatable bonds is 77. The van der Waals surface area contributed by atoms with Gasteiger partial charge < -0.3 is 33.8 Å². The number of ether oxygens (including phenoxy) is 4. The topological polar surface area (TPSA) is 237 Å². The number of phosphoric acid groups is 2. The molecule has 0 saturated heterocycles. The zero-order valence-corrected chi connectivity index (χ0v) is 66.1. The third kappa shape index (κ3) is 73.6. The summed E-state index contributed by atoms with van der Waals surface area (Å²) in [4.78, 5) is 73.0. The van der Waals surface area contributed by atoms with Crippen molar-refractivity contribution in [3.05, 3.63) is 24.3 Å². The monoisotopic (exact) mass is 1450 g/mol. The number of phosphoric ester groups is 2. The van der Waals surface area contributed by atoms with Crippen LogP contribution in [0.1, 0.15) is 395 Å². The summed E-state index contributed by atoms with van der Waals surface area (Å²) in [6, 6.07) is 0. The van der Waals surface area contributed by atoms with Crippen molar-refractivity contribution in [1.29, 1.82) is 0 Å². The molecule has 99 heavy (non-hydrogen) atoms. The first kappa shape index (κ1) is 96.5. The van der Waals surface area contributed by atoms with Crippen LogP contribution in [0.5, 0.6) is 0 Å². The first-order chi connectivity index (χ1) is 47.9. The standard InChI is InChI=1S/C80H152O17P2/c1-7-9-11-13-15-17-19-21-23-25-29-33-37-44-50-56-62-77(82)90-68-75(96-79(84)65-59-53-47-39-35-31-27-26-28-32-36-42-48-54-60-72(3)4)70-94-98(86,87)92-66-74(81)67-93-99(88,89)95-71-76(69-91-78(83)63-57-51-45-41-40-43-49-55-61-73(5)6)97-80(85)64-58-52-46-38-34-30-24-22-20-18-16-14-12-10-8-2/h18,20,22,24,72-76,81H,7-17,19,21,23,25-71H2,1-6H3,(H,86,87)(H,88,89)/b20-18-,24-22-/t74-,75-,76-/m1/s1. The minimum absolute atomic E-state index is 0.0846. The second kappa shape index (κ2) is 71.2. The van der Waals surface area contributed by atoms with Gasteiger partial charge in [0.1, 0.15) is 19.3 Å². The molecule has 0 spiro atoms. The van der Waals surface area contributed by atoms with Crippen LogP contribution in [0.15, 0.2) is 24.3 Å². The van der Waals surface area contributed by atoms with E-state index < -0.39 is 97.5 Å². The van der Waals surface area contributed by atoms with E-state index in [4.69, 9.17) is 37.0 Å². The lowest BCUT2D eigenvalue weighted by Gasteiger charge is -2.21. The van der Waals surface area contributed by atoms with E-state index >= 15 is 0 Å². The number of allylic oxidation sites excluding steroid dienone is 4. The van der Waals surface area contributed by atoms with Gasteiger partial charge in [0.25, 0.3) is 0 Å². The van der Waals surface area contributed by atoms with E-state index in [9.17, 15) is 43.2 Å². The summed E-state index contributed by atoms with van der Waals surface area (Å²) >= 11 is 0. The lowest BCUT2D eigenvalue weighted by atomic mass is 10.0. The third-order valence-corrected chi connectivity index (χ3v) is 20.0. The molecule has 0 radical (unpaired) electrons. The van der Waals surface area contributed by atoms with Gasteiger partial charge in [-0.3, -0.25) is 37.3 Å². The molecule has 0 aliphatic heterocycles. The number of unbranched alkanes of at least 4 members (excludes halogenated alkanes) is 44. The maximum atomic E-state index is 13.1. The third-order valence-electron chi connectivity index (χ3n) is 18.1. The molecule has 2 unspecified atom stereocenters. The van der Waals surface area contributed by atoms with Gasteiger partial charge in [-0.05, 0) is 63.2 Å². The van der Waals surface area contributed by atoms with Gasteiger partial charge in [0.05, 0.1) is 26.4 Å². The van der Waals surface area contributed by atoms with Crippen LogP contribution in [0.2, 0.25) is 0 Å². The fourth-order valence-electron chi connectivity index (χ4n) is 11.8. The van der Waals surface area contributed by atoms with Crippen molar-refractivity contribution in [2.75, 3.05) is 39.6 Å². The van der Waals surface area contributed by atoms with Gasteiger partial charge >= 0.3 is 39.5 Å². The molecule has 0 aromatic heterocycles. The summed E-state index contributed by atoms with van der Waals surface area (Å²) < 4.78 is 68.6. The van der Waals surface area contributed by atoms with Crippen molar-refractivity contribution >= 4 is 39.5 Å². The van der Waals surface area contributed by atoms with Crippen LogP contribution in [0.4, 0.5) is 0 Å². The number of hydrogen-bond acceptors (Lipinski definition) is 15. The summed E-state index contributed by atoms with van der Waals surface area (Å²) in [5, 5.41) is 10.6. The van der Waals surface area contributed by atoms with E-state index in [1.807, 2.05) is 0 Å². The lowest BCUT2D eigenvalue weighted by molar-refractivity contribution is -0.161. The molecule has 0 bridgehead atoms. The van der Waals surface area contributed by atoms with Crippen LogP contribution in [-0.4, -0.2) is 96.7 Å². The van der Waals surface area contributed by atoms with Crippen LogP contribution in [0, 0.1) is 11.8 Å². The van der Waals surface area contributed by atoms with Crippen molar-refractivity contribution in [1.82, 2.24) is 0 Å². The van der Waals surface area contributed by atoms with E-state index in [0.717, 1.165) is 121 Å². The Morgan fingerprint density at radius 3 is 0.828 bits per heavy atom. The highest BCUT2D eigenvalue weighted by molar-refractivity contribution is 7.47. The van der Waals surface area contributed by atoms with E-state index in [-0.39, 0.29) is 25.7 Å². The molecule has 0 saturated carbocycles. The number of carbonyl (C=O) groups is 4. The Morgan fingerprint density at radius 2 is 0.545 bits per heavy atom. The summed E-state index contributed by atoms with van der Waals surface area (Å²) in [5.74, 6) is -0.623. The highest BCUT2D eigenvalue weighted by Crippen LogP contribution is 2.45. The number of esters is 4. The number of carbonyl (C=O) groups excluding carboxylic acids is 4. The molecule has 0 rings (SSSR count). The van der Waals surface area contributed by atoms with Gasteiger partial charge in [-0.25, -0.2) is 9.13 Å². The summed E-state index contributed by atoms with van der Waals surface area (Å²) in [6.45, 7) is 9.55. The van der Waals surface area contributed by atoms with Crippen molar-refractivity contribution in [2.24, 2.45) is 11.8 Å². The minimum atomic E-state index is -4.97. The van der Waals surface area contributed by atoms with Gasteiger partial charge in [-0.2, -0.15) is 0 Å². The quantitative estimate of drug-likeness (QED) is 0.0169. The summed E-state index contributed by atoms with van der Waals surface area (Å²) in [7, 11) is -9.93. The van der Waals surface area contributed by atoms with Crippen LogP contribution in [0.3, 0.4) is 0 Å². The number of hydrogen-bond donors (Lipinski definition) is 3. The van der Waals surface area contributed by atoms with E-state index in [1.54, 1.807) is 0 Å². The van der Waals surface area contributed by atoms with Crippen LogP contribution < -0.4 is 0 Å². The normalized spacial score (nSPS) is 14.1. The SMILES string of the molecule is CCCCCC/C=C\C=C/CCCCCCCC(=O)O[C@H](COC(=O)CCCCCCCCCCC(C)C)COP(=O)(O)OC[C@H](O)COP(=O)(O)OC[C@@H](COC(=O)CCCCCCCCCCCCCCCCCC)OC(=O)CCCCCCCCCCCCCCCCC(C)C. The van der Waals surface area contributed by atoms with Crippen LogP contribution in [-0.2, 0) is 65.4 Å². The van der Waals surface area contributed by atoms with Gasteiger partial charge in [0.15, 0.2) is 12.2 Å². The van der Waals surface area contributed by atoms with Crippen molar-refractivity contribution in [3.8, 4) is 0 Å². The largest absolute Gasteiger partial charge is 0.472 e. The Bertz CT molecular complexity index is 2000. The molecule has 3 N–H and O–H groups in total. The molecule has 0 aliphatic carbocycles.